The normalized spacial score (nSPS) is 25.3. The molecule has 0 aromatic heterocycles. The van der Waals surface area contributed by atoms with E-state index < -0.39 is 30.1 Å². The molecule has 2 aliphatic carbocycles. The van der Waals surface area contributed by atoms with Gasteiger partial charge in [-0.15, -0.1) is 0 Å². The zero-order chi connectivity index (χ0) is 26.5. The van der Waals surface area contributed by atoms with Crippen LogP contribution in [-0.2, 0) is 20.9 Å². The Bertz CT molecular complexity index is 1000. The molecule has 4 N–H and O–H groups in total. The average molecular weight is 519 g/mol. The molecule has 10 nitrogen and oxygen atoms in total. The molecule has 0 bridgehead atoms. The van der Waals surface area contributed by atoms with Crippen molar-refractivity contribution >= 4 is 11.8 Å². The minimum Gasteiger partial charge on any atom is -0.493 e. The van der Waals surface area contributed by atoms with Crippen molar-refractivity contribution in [1.82, 2.24) is 10.2 Å². The van der Waals surface area contributed by atoms with E-state index in [4.69, 9.17) is 14.2 Å². The number of carbonyl (C=O) groups excluding carboxylic acids is 2. The Balaban J connectivity index is 1.81. The van der Waals surface area contributed by atoms with E-state index in [9.17, 15) is 24.9 Å². The first-order chi connectivity index (χ1) is 17.9. The average Bonchev–Trinajstić information content (AvgIpc) is 3.09. The molecule has 2 amide bonds. The molecule has 4 atom stereocenters. The highest BCUT2D eigenvalue weighted by Crippen LogP contribution is 2.51. The van der Waals surface area contributed by atoms with Crippen LogP contribution < -0.4 is 14.8 Å². The number of rotatable bonds is 9. The van der Waals surface area contributed by atoms with Gasteiger partial charge in [-0.25, -0.2) is 0 Å². The van der Waals surface area contributed by atoms with Crippen molar-refractivity contribution in [1.29, 1.82) is 0 Å². The summed E-state index contributed by atoms with van der Waals surface area (Å²) >= 11 is 0. The monoisotopic (exact) mass is 518 g/mol. The van der Waals surface area contributed by atoms with Crippen molar-refractivity contribution in [2.75, 3.05) is 34.0 Å². The zero-order valence-corrected chi connectivity index (χ0v) is 21.5. The Morgan fingerprint density at radius 1 is 1.14 bits per heavy atom. The van der Waals surface area contributed by atoms with Gasteiger partial charge in [0.1, 0.15) is 18.8 Å². The van der Waals surface area contributed by atoms with Gasteiger partial charge in [0.25, 0.3) is 0 Å². The van der Waals surface area contributed by atoms with Crippen LogP contribution in [0, 0.1) is 0 Å². The molecular formula is C27H38N2O8. The molecule has 1 aliphatic heterocycles. The van der Waals surface area contributed by atoms with Crippen LogP contribution in [0.1, 0.15) is 55.6 Å². The summed E-state index contributed by atoms with van der Waals surface area (Å²) in [5.74, 6) is -0.510. The maximum absolute atomic E-state index is 13.4. The summed E-state index contributed by atoms with van der Waals surface area (Å²) in [4.78, 5) is 28.5. The molecule has 0 saturated heterocycles. The van der Waals surface area contributed by atoms with E-state index in [0.717, 1.165) is 38.5 Å². The van der Waals surface area contributed by atoms with Crippen LogP contribution >= 0.6 is 0 Å². The van der Waals surface area contributed by atoms with E-state index in [2.05, 4.69) is 5.32 Å². The number of fused-ring (bicyclic) bond motifs is 3. The fourth-order valence-electron chi connectivity index (χ4n) is 5.94. The minimum atomic E-state index is -1.13. The predicted molar refractivity (Wildman–Crippen MR) is 134 cm³/mol. The number of methoxy groups -OCH3 is 2. The lowest BCUT2D eigenvalue weighted by molar-refractivity contribution is -0.144. The number of benzene rings is 1. The fourth-order valence-corrected chi connectivity index (χ4v) is 5.94. The quantitative estimate of drug-likeness (QED) is 0.356. The first-order valence-electron chi connectivity index (χ1n) is 13.0. The van der Waals surface area contributed by atoms with E-state index in [0.29, 0.717) is 28.2 Å². The third-order valence-corrected chi connectivity index (χ3v) is 7.59. The van der Waals surface area contributed by atoms with Crippen LogP contribution in [0.15, 0.2) is 23.8 Å². The number of aliphatic hydroxyl groups is 3. The third kappa shape index (κ3) is 5.47. The van der Waals surface area contributed by atoms with Crippen molar-refractivity contribution in [3.8, 4) is 11.5 Å². The maximum Gasteiger partial charge on any atom is 0.249 e. The van der Waals surface area contributed by atoms with Crippen molar-refractivity contribution < 1.29 is 39.1 Å². The number of hydrogen-bond acceptors (Lipinski definition) is 8. The summed E-state index contributed by atoms with van der Waals surface area (Å²) in [6.45, 7) is -0.538. The van der Waals surface area contributed by atoms with Crippen LogP contribution in [0.5, 0.6) is 11.5 Å². The van der Waals surface area contributed by atoms with Gasteiger partial charge in [0.15, 0.2) is 11.5 Å². The molecule has 0 unspecified atom stereocenters. The molecule has 1 aromatic rings. The second kappa shape index (κ2) is 12.3. The maximum atomic E-state index is 13.4. The lowest BCUT2D eigenvalue weighted by atomic mass is 9.76. The Kier molecular flexibility index (Phi) is 9.07. The number of ether oxygens (including phenoxy) is 3. The lowest BCUT2D eigenvalue weighted by Gasteiger charge is -2.44. The van der Waals surface area contributed by atoms with Crippen LogP contribution in [-0.4, -0.2) is 90.3 Å². The van der Waals surface area contributed by atoms with E-state index in [1.807, 2.05) is 0 Å². The van der Waals surface area contributed by atoms with Crippen LogP contribution in [0.3, 0.4) is 0 Å². The molecule has 37 heavy (non-hydrogen) atoms. The van der Waals surface area contributed by atoms with Gasteiger partial charge in [0, 0.05) is 30.8 Å². The highest BCUT2D eigenvalue weighted by molar-refractivity contribution is 5.96. The van der Waals surface area contributed by atoms with Crippen LogP contribution in [0.25, 0.3) is 0 Å². The van der Waals surface area contributed by atoms with Gasteiger partial charge in [0.05, 0.1) is 32.3 Å². The molecule has 204 valence electrons. The predicted octanol–water partition coefficient (Wildman–Crippen LogP) is 1.01. The number of nitrogens with one attached hydrogen (secondary N) is 1. The van der Waals surface area contributed by atoms with Gasteiger partial charge < -0.3 is 39.7 Å². The van der Waals surface area contributed by atoms with E-state index in [1.54, 1.807) is 23.1 Å². The van der Waals surface area contributed by atoms with Crippen molar-refractivity contribution in [2.45, 2.75) is 75.3 Å². The molecule has 4 rings (SSSR count). The standard InChI is InChI=1S/C27H38N2O8/c1-35-15-22(32)29(17-7-5-3-4-6-8-17)20-13-19(27(34)28-9-10-30)23-18-11-16(14-31)12-21(36-2)25(18)37-26(23)24(20)33/h11-13,17,20,23-24,26,30-31,33H,3-10,14-15H2,1-2H3,(H,28,34)/t20-,23+,24+,26+/m1/s1. The van der Waals surface area contributed by atoms with Gasteiger partial charge in [-0.2, -0.15) is 0 Å². The zero-order valence-electron chi connectivity index (χ0n) is 21.5. The Hall–Kier alpha value is -2.66. The molecule has 0 spiro atoms. The van der Waals surface area contributed by atoms with Crippen molar-refractivity contribution in [2.24, 2.45) is 0 Å². The van der Waals surface area contributed by atoms with E-state index in [1.165, 1.54) is 14.2 Å². The SMILES string of the molecule is COCC(=O)N(C1CCCCCC1)[C@@H]1C=C(C(=O)NCCO)[C@@H]2c3cc(CO)cc(OC)c3O[C@@H]2[C@H]1O. The molecule has 1 heterocycles. The Labute approximate surface area is 217 Å². The summed E-state index contributed by atoms with van der Waals surface area (Å²) in [5.41, 5.74) is 1.55. The second-order valence-electron chi connectivity index (χ2n) is 9.90. The molecule has 3 aliphatic rings. The van der Waals surface area contributed by atoms with Gasteiger partial charge in [-0.05, 0) is 36.6 Å². The lowest BCUT2D eigenvalue weighted by Crippen LogP contribution is -2.59. The first-order valence-corrected chi connectivity index (χ1v) is 13.0. The van der Waals surface area contributed by atoms with Gasteiger partial charge in [-0.3, -0.25) is 9.59 Å². The Morgan fingerprint density at radius 3 is 2.49 bits per heavy atom. The second-order valence-corrected chi connectivity index (χ2v) is 9.90. The van der Waals surface area contributed by atoms with Crippen molar-refractivity contribution in [3.63, 3.8) is 0 Å². The third-order valence-electron chi connectivity index (χ3n) is 7.59. The van der Waals surface area contributed by atoms with Crippen molar-refractivity contribution in [3.05, 3.63) is 34.9 Å². The minimum absolute atomic E-state index is 0.0590. The van der Waals surface area contributed by atoms with Crippen LogP contribution in [0.4, 0.5) is 0 Å². The number of nitrogens with zero attached hydrogens (tertiary/aromatic N) is 1. The number of carbonyl (C=O) groups is 2. The number of amides is 2. The molecule has 1 aromatic carbocycles. The molecule has 10 heteroatoms. The molecule has 0 radical (unpaired) electrons. The number of hydrogen-bond donors (Lipinski definition) is 4. The summed E-state index contributed by atoms with van der Waals surface area (Å²) in [5, 5.41) is 33.5. The van der Waals surface area contributed by atoms with E-state index in [-0.39, 0.29) is 38.3 Å². The molecular weight excluding hydrogens is 480 g/mol. The smallest absolute Gasteiger partial charge is 0.249 e. The summed E-state index contributed by atoms with van der Waals surface area (Å²) in [7, 11) is 2.95. The summed E-state index contributed by atoms with van der Waals surface area (Å²) in [6, 6.07) is 2.51. The number of aliphatic hydroxyl groups excluding tert-OH is 3. The molecule has 1 saturated carbocycles. The first kappa shape index (κ1) is 27.4. The largest absolute Gasteiger partial charge is 0.493 e. The highest BCUT2D eigenvalue weighted by Gasteiger charge is 2.52. The summed E-state index contributed by atoms with van der Waals surface area (Å²) < 4.78 is 16.9. The molecule has 1 fully saturated rings. The van der Waals surface area contributed by atoms with E-state index >= 15 is 0 Å². The van der Waals surface area contributed by atoms with Gasteiger partial charge >= 0.3 is 0 Å². The fraction of sp³-hybridized carbons (Fsp3) is 0.630. The highest BCUT2D eigenvalue weighted by atomic mass is 16.5. The summed E-state index contributed by atoms with van der Waals surface area (Å²) in [6.07, 6.45) is 5.45. The van der Waals surface area contributed by atoms with Gasteiger partial charge in [0.2, 0.25) is 11.8 Å². The van der Waals surface area contributed by atoms with Gasteiger partial charge in [-0.1, -0.05) is 25.7 Å². The Morgan fingerprint density at radius 2 is 1.86 bits per heavy atom. The van der Waals surface area contributed by atoms with Crippen LogP contribution in [0.2, 0.25) is 0 Å². The topological polar surface area (TPSA) is 138 Å².